The molecule has 2 amide bonds. The van der Waals surface area contributed by atoms with Gasteiger partial charge in [0.05, 0.1) is 5.69 Å². The lowest BCUT2D eigenvalue weighted by Crippen LogP contribution is -2.23. The van der Waals surface area contributed by atoms with Crippen LogP contribution in [0.3, 0.4) is 0 Å². The fraction of sp³-hybridized carbons (Fsp3) is 0.115. The third-order valence-electron chi connectivity index (χ3n) is 5.03. The smallest absolute Gasteiger partial charge is 0.263 e. The second-order valence-corrected chi connectivity index (χ2v) is 9.04. The number of aryl methyl sites for hydroxylation is 2. The number of nitrogens with one attached hydrogen (secondary N) is 2. The molecule has 0 saturated heterocycles. The number of carbonyl (C=O) groups excluding carboxylic acids is 2. The minimum Gasteiger partial charge on any atom is -0.347 e. The van der Waals surface area contributed by atoms with Gasteiger partial charge in [-0.3, -0.25) is 9.59 Å². The molecule has 0 aliphatic rings. The molecule has 2 aromatic carbocycles. The average Bonchev–Trinajstić information content (AvgIpc) is 3.16. The zero-order valence-electron chi connectivity index (χ0n) is 18.2. The first-order chi connectivity index (χ1) is 15.9. The van der Waals surface area contributed by atoms with Crippen molar-refractivity contribution in [3.63, 3.8) is 0 Å². The molecule has 0 aliphatic carbocycles. The highest BCUT2D eigenvalue weighted by Gasteiger charge is 2.22. The predicted octanol–water partition coefficient (Wildman–Crippen LogP) is 6.15. The molecule has 0 saturated carbocycles. The summed E-state index contributed by atoms with van der Waals surface area (Å²) >= 11 is 7.21. The number of anilines is 1. The van der Waals surface area contributed by atoms with Gasteiger partial charge < -0.3 is 10.6 Å². The molecule has 0 unspecified atom stereocenters. The molecular formula is C26H22ClN3O2S. The first kappa shape index (κ1) is 22.7. The van der Waals surface area contributed by atoms with Crippen LogP contribution >= 0.6 is 22.9 Å². The zero-order valence-corrected chi connectivity index (χ0v) is 19.8. The normalized spacial score (nSPS) is 11.1. The first-order valence-electron chi connectivity index (χ1n) is 10.4. The highest BCUT2D eigenvalue weighted by Crippen LogP contribution is 2.37. The minimum absolute atomic E-state index is 0.271. The monoisotopic (exact) mass is 475 g/mol. The van der Waals surface area contributed by atoms with E-state index in [1.807, 2.05) is 62.4 Å². The van der Waals surface area contributed by atoms with Crippen molar-refractivity contribution in [1.29, 1.82) is 0 Å². The van der Waals surface area contributed by atoms with Gasteiger partial charge in [-0.2, -0.15) is 0 Å². The van der Waals surface area contributed by atoms with Gasteiger partial charge in [0.2, 0.25) is 5.91 Å². The Morgan fingerprint density at radius 3 is 2.52 bits per heavy atom. The first-order valence-corrected chi connectivity index (χ1v) is 11.6. The van der Waals surface area contributed by atoms with Crippen molar-refractivity contribution < 1.29 is 9.59 Å². The second-order valence-electron chi connectivity index (χ2n) is 7.61. The molecule has 7 heteroatoms. The topological polar surface area (TPSA) is 71.1 Å². The molecule has 2 aromatic heterocycles. The molecule has 2 heterocycles. The van der Waals surface area contributed by atoms with Crippen molar-refractivity contribution >= 4 is 56.7 Å². The largest absolute Gasteiger partial charge is 0.347 e. The molecule has 4 aromatic rings. The van der Waals surface area contributed by atoms with E-state index in [0.29, 0.717) is 27.0 Å². The fourth-order valence-electron chi connectivity index (χ4n) is 3.49. The molecule has 0 bridgehead atoms. The summed E-state index contributed by atoms with van der Waals surface area (Å²) in [6.07, 6.45) is 3.20. The van der Waals surface area contributed by atoms with E-state index in [4.69, 9.17) is 11.6 Å². The van der Waals surface area contributed by atoms with Crippen LogP contribution in [0, 0.1) is 13.8 Å². The number of hydrogen-bond acceptors (Lipinski definition) is 4. The maximum Gasteiger partial charge on any atom is 0.263 e. The zero-order chi connectivity index (χ0) is 23.4. The Hall–Kier alpha value is -3.48. The SMILES string of the molecule is Cc1cc(C)c2c(NC(=O)C=Cc3ccccc3)c(C(=O)NCc3ccc(Cl)cc3)sc2n1. The van der Waals surface area contributed by atoms with Crippen LogP contribution in [0.4, 0.5) is 5.69 Å². The van der Waals surface area contributed by atoms with Gasteiger partial charge in [-0.1, -0.05) is 54.1 Å². The Bertz CT molecular complexity index is 1350. The Labute approximate surface area is 201 Å². The maximum absolute atomic E-state index is 13.1. The van der Waals surface area contributed by atoms with E-state index in [1.165, 1.54) is 17.4 Å². The molecule has 0 radical (unpaired) electrons. The lowest BCUT2D eigenvalue weighted by Gasteiger charge is -2.08. The van der Waals surface area contributed by atoms with Gasteiger partial charge in [0.15, 0.2) is 0 Å². The van der Waals surface area contributed by atoms with Gasteiger partial charge in [-0.15, -0.1) is 11.3 Å². The number of pyridine rings is 1. The highest BCUT2D eigenvalue weighted by molar-refractivity contribution is 7.21. The van der Waals surface area contributed by atoms with Gasteiger partial charge in [-0.25, -0.2) is 4.98 Å². The predicted molar refractivity (Wildman–Crippen MR) is 136 cm³/mol. The van der Waals surface area contributed by atoms with Crippen LogP contribution in [0.25, 0.3) is 16.3 Å². The van der Waals surface area contributed by atoms with Crippen molar-refractivity contribution in [2.45, 2.75) is 20.4 Å². The van der Waals surface area contributed by atoms with E-state index in [9.17, 15) is 9.59 Å². The van der Waals surface area contributed by atoms with Crippen molar-refractivity contribution in [1.82, 2.24) is 10.3 Å². The molecule has 4 rings (SSSR count). The van der Waals surface area contributed by atoms with Gasteiger partial charge in [0, 0.05) is 28.7 Å². The number of hydrogen-bond donors (Lipinski definition) is 2. The number of fused-ring (bicyclic) bond motifs is 1. The van der Waals surface area contributed by atoms with E-state index < -0.39 is 0 Å². The summed E-state index contributed by atoms with van der Waals surface area (Å²) < 4.78 is 0. The maximum atomic E-state index is 13.1. The van der Waals surface area contributed by atoms with Crippen molar-refractivity contribution in [3.8, 4) is 0 Å². The van der Waals surface area contributed by atoms with Gasteiger partial charge >= 0.3 is 0 Å². The van der Waals surface area contributed by atoms with Crippen LogP contribution in [0.1, 0.15) is 32.1 Å². The number of thiophene rings is 1. The Balaban J connectivity index is 1.62. The number of amides is 2. The molecular weight excluding hydrogens is 454 g/mol. The number of halogens is 1. The number of carbonyl (C=O) groups is 2. The summed E-state index contributed by atoms with van der Waals surface area (Å²) in [4.78, 5) is 31.6. The average molecular weight is 476 g/mol. The summed E-state index contributed by atoms with van der Waals surface area (Å²) in [6.45, 7) is 4.21. The molecule has 33 heavy (non-hydrogen) atoms. The van der Waals surface area contributed by atoms with Crippen molar-refractivity contribution in [2.75, 3.05) is 5.32 Å². The third-order valence-corrected chi connectivity index (χ3v) is 6.37. The van der Waals surface area contributed by atoms with Crippen LogP contribution in [-0.4, -0.2) is 16.8 Å². The van der Waals surface area contributed by atoms with Crippen LogP contribution < -0.4 is 10.6 Å². The Kier molecular flexibility index (Phi) is 6.87. The van der Waals surface area contributed by atoms with Gasteiger partial charge in [0.1, 0.15) is 9.71 Å². The second kappa shape index (κ2) is 9.98. The van der Waals surface area contributed by atoms with Crippen LogP contribution in [0.15, 0.2) is 66.7 Å². The molecule has 2 N–H and O–H groups in total. The summed E-state index contributed by atoms with van der Waals surface area (Å²) in [5.74, 6) is -0.586. The standard InChI is InChI=1S/C26H22ClN3O2S/c1-16-14-17(2)29-26-22(16)23(30-21(31)13-10-18-6-4-3-5-7-18)24(33-26)25(32)28-15-19-8-11-20(27)12-9-19/h3-14H,15H2,1-2H3,(H,28,32)(H,30,31). The number of nitrogens with zero attached hydrogens (tertiary/aromatic N) is 1. The van der Waals surface area contributed by atoms with E-state index in [0.717, 1.165) is 27.8 Å². The van der Waals surface area contributed by atoms with Crippen LogP contribution in [-0.2, 0) is 11.3 Å². The number of benzene rings is 2. The summed E-state index contributed by atoms with van der Waals surface area (Å²) in [7, 11) is 0. The van der Waals surface area contributed by atoms with Crippen molar-refractivity contribution in [2.24, 2.45) is 0 Å². The van der Waals surface area contributed by atoms with Crippen LogP contribution in [0.5, 0.6) is 0 Å². The van der Waals surface area contributed by atoms with Crippen LogP contribution in [0.2, 0.25) is 5.02 Å². The third kappa shape index (κ3) is 5.48. The van der Waals surface area contributed by atoms with E-state index in [2.05, 4.69) is 15.6 Å². The minimum atomic E-state index is -0.315. The fourth-order valence-corrected chi connectivity index (χ4v) is 4.78. The number of rotatable bonds is 6. The summed E-state index contributed by atoms with van der Waals surface area (Å²) in [5.41, 5.74) is 4.13. The van der Waals surface area contributed by atoms with Gasteiger partial charge in [-0.05, 0) is 54.8 Å². The highest BCUT2D eigenvalue weighted by atomic mass is 35.5. The van der Waals surface area contributed by atoms with E-state index >= 15 is 0 Å². The molecule has 0 atom stereocenters. The Morgan fingerprint density at radius 1 is 1.06 bits per heavy atom. The molecule has 5 nitrogen and oxygen atoms in total. The summed E-state index contributed by atoms with van der Waals surface area (Å²) in [5, 5.41) is 7.27. The van der Waals surface area contributed by atoms with Crippen molar-refractivity contribution in [3.05, 3.63) is 99.0 Å². The summed E-state index contributed by atoms with van der Waals surface area (Å²) in [6, 6.07) is 18.8. The molecule has 0 aliphatic heterocycles. The molecule has 0 spiro atoms. The quantitative estimate of drug-likeness (QED) is 0.328. The van der Waals surface area contributed by atoms with E-state index in [-0.39, 0.29) is 11.8 Å². The molecule has 166 valence electrons. The molecule has 0 fully saturated rings. The Morgan fingerprint density at radius 2 is 1.79 bits per heavy atom. The van der Waals surface area contributed by atoms with E-state index in [1.54, 1.807) is 18.2 Å². The van der Waals surface area contributed by atoms with Gasteiger partial charge in [0.25, 0.3) is 5.91 Å². The lowest BCUT2D eigenvalue weighted by atomic mass is 10.1. The number of aromatic nitrogens is 1. The lowest BCUT2D eigenvalue weighted by molar-refractivity contribution is -0.111.